The molecule has 1 aliphatic rings. The van der Waals surface area contributed by atoms with Crippen molar-refractivity contribution in [2.24, 2.45) is 0 Å². The predicted molar refractivity (Wildman–Crippen MR) is 169 cm³/mol. The number of furan rings is 1. The first kappa shape index (κ1) is 24.5. The van der Waals surface area contributed by atoms with E-state index in [0.29, 0.717) is 0 Å². The summed E-state index contributed by atoms with van der Waals surface area (Å²) in [6.45, 7) is 8.34. The van der Waals surface area contributed by atoms with Crippen LogP contribution in [-0.2, 0) is 9.31 Å². The van der Waals surface area contributed by atoms with Crippen molar-refractivity contribution in [3.05, 3.63) is 109 Å². The Morgan fingerprint density at radius 1 is 0.585 bits per heavy atom. The Balaban J connectivity index is 1.32. The van der Waals surface area contributed by atoms with Crippen LogP contribution in [0.2, 0.25) is 0 Å². The van der Waals surface area contributed by atoms with E-state index in [-0.39, 0.29) is 0 Å². The number of benzene rings is 5. The number of rotatable bonds is 3. The lowest BCUT2D eigenvalue weighted by molar-refractivity contribution is 0.00578. The molecule has 0 saturated carbocycles. The summed E-state index contributed by atoms with van der Waals surface area (Å²) in [5, 5.41) is 4.63. The van der Waals surface area contributed by atoms with Crippen molar-refractivity contribution in [2.45, 2.75) is 38.9 Å². The molecule has 7 aromatic rings. The highest BCUT2D eigenvalue weighted by Gasteiger charge is 2.51. The van der Waals surface area contributed by atoms with Gasteiger partial charge in [-0.2, -0.15) is 0 Å². The molecule has 1 saturated heterocycles. The second kappa shape index (κ2) is 8.59. The molecule has 2 aromatic heterocycles. The Morgan fingerprint density at radius 2 is 1.32 bits per heavy atom. The molecule has 0 bridgehead atoms. The van der Waals surface area contributed by atoms with E-state index in [0.717, 1.165) is 44.2 Å². The molecule has 0 amide bonds. The molecule has 4 nitrogen and oxygen atoms in total. The number of nitrogens with zero attached hydrogens (tertiary/aromatic N) is 1. The van der Waals surface area contributed by atoms with Gasteiger partial charge in [0.15, 0.2) is 0 Å². The molecular weight excluding hydrogens is 505 g/mol. The third-order valence-electron chi connectivity index (χ3n) is 9.04. The standard InChI is InChI=1S/C36H30BNO3/c1-35(2)36(3,4)41-37(40-35)24-18-20-32-29(22-24)34-26(14-10-16-33(34)39-32)23-17-19-31-28(21-23)27-13-8-9-15-30(27)38(31)25-11-6-5-7-12-25/h5-22H,1-4H3. The summed E-state index contributed by atoms with van der Waals surface area (Å²) in [5.41, 5.74) is 7.77. The summed E-state index contributed by atoms with van der Waals surface area (Å²) >= 11 is 0. The van der Waals surface area contributed by atoms with Crippen LogP contribution >= 0.6 is 0 Å². The lowest BCUT2D eigenvalue weighted by Gasteiger charge is -2.32. The van der Waals surface area contributed by atoms with Crippen LogP contribution in [0, 0.1) is 0 Å². The highest BCUT2D eigenvalue weighted by Crippen LogP contribution is 2.41. The summed E-state index contributed by atoms with van der Waals surface area (Å²) in [7, 11) is -0.429. The highest BCUT2D eigenvalue weighted by atomic mass is 16.7. The van der Waals surface area contributed by atoms with Gasteiger partial charge in [0, 0.05) is 27.2 Å². The second-order valence-electron chi connectivity index (χ2n) is 12.0. The summed E-state index contributed by atoms with van der Waals surface area (Å²) < 4.78 is 21.4. The first-order valence-corrected chi connectivity index (χ1v) is 14.2. The average molecular weight is 535 g/mol. The van der Waals surface area contributed by atoms with Gasteiger partial charge in [-0.05, 0) is 86.7 Å². The average Bonchev–Trinajstić information content (AvgIpc) is 3.59. The summed E-state index contributed by atoms with van der Waals surface area (Å²) in [5.74, 6) is 0. The van der Waals surface area contributed by atoms with Gasteiger partial charge < -0.3 is 18.3 Å². The van der Waals surface area contributed by atoms with Crippen LogP contribution in [0.5, 0.6) is 0 Å². The minimum absolute atomic E-state index is 0.398. The van der Waals surface area contributed by atoms with Gasteiger partial charge in [-0.3, -0.25) is 0 Å². The SMILES string of the molecule is CC1(C)OB(c2ccc3oc4cccc(-c5ccc6c(c5)c5ccccc5n6-c5ccccc5)c4c3c2)OC1(C)C. The zero-order valence-electron chi connectivity index (χ0n) is 23.6. The fourth-order valence-corrected chi connectivity index (χ4v) is 6.21. The van der Waals surface area contributed by atoms with Crippen LogP contribution in [0.4, 0.5) is 0 Å². The van der Waals surface area contributed by atoms with Crippen LogP contribution in [0.1, 0.15) is 27.7 Å². The number of hydrogen-bond acceptors (Lipinski definition) is 3. The van der Waals surface area contributed by atoms with Crippen molar-refractivity contribution >= 4 is 56.3 Å². The topological polar surface area (TPSA) is 36.5 Å². The summed E-state index contributed by atoms with van der Waals surface area (Å²) in [6.07, 6.45) is 0. The van der Waals surface area contributed by atoms with Crippen molar-refractivity contribution in [3.63, 3.8) is 0 Å². The number of aromatic nitrogens is 1. The van der Waals surface area contributed by atoms with E-state index in [9.17, 15) is 0 Å². The molecule has 41 heavy (non-hydrogen) atoms. The molecule has 200 valence electrons. The van der Waals surface area contributed by atoms with E-state index in [1.165, 1.54) is 21.8 Å². The van der Waals surface area contributed by atoms with Gasteiger partial charge in [-0.25, -0.2) is 0 Å². The van der Waals surface area contributed by atoms with E-state index < -0.39 is 18.3 Å². The van der Waals surface area contributed by atoms with Crippen LogP contribution < -0.4 is 5.46 Å². The van der Waals surface area contributed by atoms with Crippen molar-refractivity contribution in [2.75, 3.05) is 0 Å². The third kappa shape index (κ3) is 3.63. The largest absolute Gasteiger partial charge is 0.494 e. The van der Waals surface area contributed by atoms with Crippen LogP contribution in [0.25, 0.3) is 60.6 Å². The Hall–Kier alpha value is -4.32. The molecule has 0 atom stereocenters. The molecule has 5 aromatic carbocycles. The summed E-state index contributed by atoms with van der Waals surface area (Å²) in [4.78, 5) is 0. The van der Waals surface area contributed by atoms with Crippen LogP contribution in [-0.4, -0.2) is 22.9 Å². The van der Waals surface area contributed by atoms with Gasteiger partial charge in [-0.15, -0.1) is 0 Å². The van der Waals surface area contributed by atoms with Gasteiger partial charge in [-0.1, -0.05) is 66.7 Å². The quantitative estimate of drug-likeness (QED) is 0.213. The minimum atomic E-state index is -0.429. The molecule has 0 spiro atoms. The second-order valence-corrected chi connectivity index (χ2v) is 12.0. The number of hydrogen-bond donors (Lipinski definition) is 0. The van der Waals surface area contributed by atoms with Gasteiger partial charge in [0.25, 0.3) is 0 Å². The van der Waals surface area contributed by atoms with Gasteiger partial charge >= 0.3 is 7.12 Å². The normalized spacial score (nSPS) is 16.4. The molecule has 0 N–H and O–H groups in total. The van der Waals surface area contributed by atoms with E-state index in [4.69, 9.17) is 13.7 Å². The molecule has 0 radical (unpaired) electrons. The fourth-order valence-electron chi connectivity index (χ4n) is 6.21. The van der Waals surface area contributed by atoms with E-state index in [1.807, 2.05) is 12.1 Å². The highest BCUT2D eigenvalue weighted by molar-refractivity contribution is 6.62. The molecule has 0 aliphatic carbocycles. The maximum absolute atomic E-state index is 6.38. The number of fused-ring (bicyclic) bond motifs is 6. The third-order valence-corrected chi connectivity index (χ3v) is 9.04. The van der Waals surface area contributed by atoms with Gasteiger partial charge in [0.1, 0.15) is 11.2 Å². The van der Waals surface area contributed by atoms with Crippen molar-refractivity contribution in [1.82, 2.24) is 4.57 Å². The van der Waals surface area contributed by atoms with Crippen LogP contribution in [0.15, 0.2) is 114 Å². The van der Waals surface area contributed by atoms with E-state index in [2.05, 4.69) is 129 Å². The molecule has 5 heteroatoms. The molecule has 3 heterocycles. The molecule has 1 fully saturated rings. The van der Waals surface area contributed by atoms with Gasteiger partial charge in [0.2, 0.25) is 0 Å². The first-order valence-electron chi connectivity index (χ1n) is 14.2. The maximum atomic E-state index is 6.38. The van der Waals surface area contributed by atoms with Crippen LogP contribution in [0.3, 0.4) is 0 Å². The first-order chi connectivity index (χ1) is 19.8. The maximum Gasteiger partial charge on any atom is 0.494 e. The van der Waals surface area contributed by atoms with Crippen molar-refractivity contribution in [1.29, 1.82) is 0 Å². The van der Waals surface area contributed by atoms with Gasteiger partial charge in [0.05, 0.1) is 22.2 Å². The molecule has 1 aliphatic heterocycles. The predicted octanol–water partition coefficient (Wildman–Crippen LogP) is 8.65. The Kier molecular flexibility index (Phi) is 5.13. The zero-order valence-corrected chi connectivity index (χ0v) is 23.6. The lowest BCUT2D eigenvalue weighted by atomic mass is 9.78. The Bertz CT molecular complexity index is 2100. The van der Waals surface area contributed by atoms with Crippen molar-refractivity contribution in [3.8, 4) is 16.8 Å². The Morgan fingerprint density at radius 3 is 2.12 bits per heavy atom. The van der Waals surface area contributed by atoms with Crippen molar-refractivity contribution < 1.29 is 13.7 Å². The smallest absolute Gasteiger partial charge is 0.456 e. The summed E-state index contributed by atoms with van der Waals surface area (Å²) in [6, 6.07) is 38.6. The Labute approximate surface area is 239 Å². The zero-order chi connectivity index (χ0) is 27.9. The minimum Gasteiger partial charge on any atom is -0.456 e. The molecule has 0 unspecified atom stereocenters. The number of para-hydroxylation sites is 2. The lowest BCUT2D eigenvalue weighted by Crippen LogP contribution is -2.41. The van der Waals surface area contributed by atoms with E-state index >= 15 is 0 Å². The fraction of sp³-hybridized carbons (Fsp3) is 0.167. The molecular formula is C36H30BNO3. The molecule has 8 rings (SSSR count). The monoisotopic (exact) mass is 535 g/mol. The van der Waals surface area contributed by atoms with E-state index in [1.54, 1.807) is 0 Å².